The second kappa shape index (κ2) is 4.86. The fourth-order valence-electron chi connectivity index (χ4n) is 2.16. The molecule has 0 radical (unpaired) electrons. The van der Waals surface area contributed by atoms with Gasteiger partial charge in [0, 0.05) is 17.7 Å². The number of aryl methyl sites for hydroxylation is 1. The fourth-order valence-corrected chi connectivity index (χ4v) is 2.16. The lowest BCUT2D eigenvalue weighted by Gasteiger charge is -2.17. The molecule has 0 amide bonds. The number of aliphatic imine (C=N–C) groups is 1. The van der Waals surface area contributed by atoms with Gasteiger partial charge in [0.25, 0.3) is 0 Å². The van der Waals surface area contributed by atoms with Crippen LogP contribution in [0.1, 0.15) is 22.3 Å². The van der Waals surface area contributed by atoms with E-state index in [1.54, 1.807) is 0 Å². The summed E-state index contributed by atoms with van der Waals surface area (Å²) >= 11 is 0. The third kappa shape index (κ3) is 2.37. The smallest absolute Gasteiger partial charge is 0.221 e. The largest absolute Gasteiger partial charge is 0.472 e. The van der Waals surface area contributed by atoms with Gasteiger partial charge >= 0.3 is 0 Å². The molecule has 19 heavy (non-hydrogen) atoms. The summed E-state index contributed by atoms with van der Waals surface area (Å²) in [6.07, 6.45) is 0. The van der Waals surface area contributed by atoms with Gasteiger partial charge in [0.1, 0.15) is 6.61 Å². The van der Waals surface area contributed by atoms with Crippen LogP contribution in [0.4, 0.5) is 5.69 Å². The van der Waals surface area contributed by atoms with Gasteiger partial charge in [0.15, 0.2) is 0 Å². The minimum atomic E-state index is 0.551. The number of ether oxygens (including phenoxy) is 1. The van der Waals surface area contributed by atoms with Crippen molar-refractivity contribution in [3.8, 4) is 0 Å². The van der Waals surface area contributed by atoms with Crippen molar-refractivity contribution < 1.29 is 4.74 Å². The lowest BCUT2D eigenvalue weighted by atomic mass is 10.1. The van der Waals surface area contributed by atoms with E-state index in [4.69, 9.17) is 10.5 Å². The number of nitrogens with zero attached hydrogens (tertiary/aromatic N) is 1. The van der Waals surface area contributed by atoms with Crippen LogP contribution in [0.5, 0.6) is 0 Å². The molecule has 0 atom stereocenters. The first-order valence-corrected chi connectivity index (χ1v) is 6.36. The van der Waals surface area contributed by atoms with Gasteiger partial charge in [-0.1, -0.05) is 29.8 Å². The molecule has 1 aliphatic heterocycles. The molecule has 0 aliphatic carbocycles. The van der Waals surface area contributed by atoms with E-state index < -0.39 is 0 Å². The van der Waals surface area contributed by atoms with Crippen LogP contribution in [0.25, 0.3) is 0 Å². The van der Waals surface area contributed by atoms with Gasteiger partial charge < -0.3 is 10.5 Å². The lowest BCUT2D eigenvalue weighted by molar-refractivity contribution is 0.288. The molecule has 0 aromatic heterocycles. The highest BCUT2D eigenvalue weighted by Gasteiger charge is 2.14. The fraction of sp³-hybridized carbons (Fsp3) is 0.188. The Bertz CT molecular complexity index is 630. The maximum atomic E-state index is 5.74. The summed E-state index contributed by atoms with van der Waals surface area (Å²) in [6, 6.07) is 14.2. The zero-order valence-electron chi connectivity index (χ0n) is 10.9. The van der Waals surface area contributed by atoms with Crippen molar-refractivity contribution in [2.75, 3.05) is 0 Å². The first-order valence-electron chi connectivity index (χ1n) is 6.36. The highest BCUT2D eigenvalue weighted by Crippen LogP contribution is 2.27. The third-order valence-corrected chi connectivity index (χ3v) is 3.26. The summed E-state index contributed by atoms with van der Waals surface area (Å²) in [5.41, 5.74) is 11.1. The van der Waals surface area contributed by atoms with Gasteiger partial charge in [0.05, 0.1) is 5.69 Å². The van der Waals surface area contributed by atoms with E-state index in [0.717, 1.165) is 22.4 Å². The van der Waals surface area contributed by atoms with Crippen LogP contribution < -0.4 is 5.73 Å². The average molecular weight is 252 g/mol. The molecule has 0 unspecified atom stereocenters. The molecule has 1 heterocycles. The first kappa shape index (κ1) is 11.9. The van der Waals surface area contributed by atoms with Crippen molar-refractivity contribution in [3.05, 3.63) is 64.7 Å². The Balaban J connectivity index is 1.95. The number of nitrogens with two attached hydrogens (primary N) is 1. The van der Waals surface area contributed by atoms with Crippen LogP contribution in [0.15, 0.2) is 47.5 Å². The molecule has 3 heteroatoms. The van der Waals surface area contributed by atoms with Crippen molar-refractivity contribution in [1.82, 2.24) is 0 Å². The van der Waals surface area contributed by atoms with E-state index in [9.17, 15) is 0 Å². The molecule has 2 aromatic rings. The van der Waals surface area contributed by atoms with E-state index in [2.05, 4.69) is 24.0 Å². The standard InChI is InChI=1S/C16H16N2O/c1-11-2-7-15-14(8-11)10-19-16(18-15)13-5-3-12(9-17)4-6-13/h2-8H,9-10,17H2,1H3. The predicted molar refractivity (Wildman–Crippen MR) is 76.5 cm³/mol. The molecule has 2 aromatic carbocycles. The van der Waals surface area contributed by atoms with Crippen LogP contribution in [-0.2, 0) is 17.9 Å². The zero-order valence-corrected chi connectivity index (χ0v) is 10.9. The van der Waals surface area contributed by atoms with Crippen molar-refractivity contribution in [1.29, 1.82) is 0 Å². The molecule has 0 fully saturated rings. The van der Waals surface area contributed by atoms with Crippen molar-refractivity contribution in [2.45, 2.75) is 20.1 Å². The highest BCUT2D eigenvalue weighted by atomic mass is 16.5. The summed E-state index contributed by atoms with van der Waals surface area (Å²) in [5, 5.41) is 0. The summed E-state index contributed by atoms with van der Waals surface area (Å²) in [7, 11) is 0. The van der Waals surface area contributed by atoms with Gasteiger partial charge in [0.2, 0.25) is 5.90 Å². The topological polar surface area (TPSA) is 47.6 Å². The highest BCUT2D eigenvalue weighted by molar-refractivity contribution is 5.96. The summed E-state index contributed by atoms with van der Waals surface area (Å²) in [5.74, 6) is 0.680. The van der Waals surface area contributed by atoms with Crippen LogP contribution >= 0.6 is 0 Å². The monoisotopic (exact) mass is 252 g/mol. The van der Waals surface area contributed by atoms with Gasteiger partial charge in [-0.25, -0.2) is 4.99 Å². The van der Waals surface area contributed by atoms with E-state index in [-0.39, 0.29) is 0 Å². The Morgan fingerprint density at radius 3 is 2.68 bits per heavy atom. The molecule has 0 bridgehead atoms. The van der Waals surface area contributed by atoms with E-state index in [1.807, 2.05) is 30.3 Å². The van der Waals surface area contributed by atoms with E-state index in [1.165, 1.54) is 5.56 Å². The van der Waals surface area contributed by atoms with E-state index in [0.29, 0.717) is 19.0 Å². The molecular weight excluding hydrogens is 236 g/mol. The van der Waals surface area contributed by atoms with Gasteiger partial charge in [-0.2, -0.15) is 0 Å². The normalized spacial score (nSPS) is 13.5. The van der Waals surface area contributed by atoms with Crippen molar-refractivity contribution in [3.63, 3.8) is 0 Å². The number of hydrogen-bond donors (Lipinski definition) is 1. The number of benzene rings is 2. The Hall–Kier alpha value is -2.13. The Morgan fingerprint density at radius 2 is 1.95 bits per heavy atom. The molecule has 0 spiro atoms. The van der Waals surface area contributed by atoms with E-state index >= 15 is 0 Å². The number of rotatable bonds is 2. The predicted octanol–water partition coefficient (Wildman–Crippen LogP) is 3.06. The Labute approximate surface area is 112 Å². The van der Waals surface area contributed by atoms with Crippen LogP contribution in [-0.4, -0.2) is 5.90 Å². The summed E-state index contributed by atoms with van der Waals surface area (Å²) in [4.78, 5) is 4.58. The molecule has 0 saturated carbocycles. The maximum absolute atomic E-state index is 5.74. The maximum Gasteiger partial charge on any atom is 0.221 e. The molecule has 2 N–H and O–H groups in total. The molecule has 3 nitrogen and oxygen atoms in total. The quantitative estimate of drug-likeness (QED) is 0.893. The Morgan fingerprint density at radius 1 is 1.16 bits per heavy atom. The minimum Gasteiger partial charge on any atom is -0.472 e. The van der Waals surface area contributed by atoms with Crippen molar-refractivity contribution >= 4 is 11.6 Å². The molecule has 1 aliphatic rings. The minimum absolute atomic E-state index is 0.551. The lowest BCUT2D eigenvalue weighted by Crippen LogP contribution is -2.11. The molecular formula is C16H16N2O. The molecule has 96 valence electrons. The second-order valence-corrected chi connectivity index (χ2v) is 4.74. The Kier molecular flexibility index (Phi) is 3.05. The van der Waals surface area contributed by atoms with Gasteiger partial charge in [-0.15, -0.1) is 0 Å². The van der Waals surface area contributed by atoms with Gasteiger partial charge in [-0.3, -0.25) is 0 Å². The summed E-state index contributed by atoms with van der Waals surface area (Å²) in [6.45, 7) is 3.20. The third-order valence-electron chi connectivity index (χ3n) is 3.26. The second-order valence-electron chi connectivity index (χ2n) is 4.74. The van der Waals surface area contributed by atoms with Crippen LogP contribution in [0.2, 0.25) is 0 Å². The first-order chi connectivity index (χ1) is 9.26. The summed E-state index contributed by atoms with van der Waals surface area (Å²) < 4.78 is 5.74. The van der Waals surface area contributed by atoms with Crippen molar-refractivity contribution in [2.24, 2.45) is 10.7 Å². The zero-order chi connectivity index (χ0) is 13.2. The molecule has 3 rings (SSSR count). The molecule has 0 saturated heterocycles. The average Bonchev–Trinajstić information content (AvgIpc) is 2.47. The number of fused-ring (bicyclic) bond motifs is 1. The van der Waals surface area contributed by atoms with Crippen LogP contribution in [0.3, 0.4) is 0 Å². The number of hydrogen-bond acceptors (Lipinski definition) is 3. The van der Waals surface area contributed by atoms with Gasteiger partial charge in [-0.05, 0) is 30.7 Å². The SMILES string of the molecule is Cc1ccc2c(c1)COC(c1ccc(CN)cc1)=N2. The van der Waals surface area contributed by atoms with Crippen LogP contribution in [0, 0.1) is 6.92 Å².